The molecule has 5 fully saturated rings. The van der Waals surface area contributed by atoms with Gasteiger partial charge in [0.25, 0.3) is 0 Å². The van der Waals surface area contributed by atoms with Gasteiger partial charge >= 0.3 is 0 Å². The molecule has 0 amide bonds. The molecule has 0 aromatic heterocycles. The Hall–Kier alpha value is -0.330. The lowest BCUT2D eigenvalue weighted by atomic mass is 9.41. The first-order valence-corrected chi connectivity index (χ1v) is 13.0. The molecule has 0 aromatic carbocycles. The third kappa shape index (κ3) is 2.27. The molecular formula is C28H46O. The van der Waals surface area contributed by atoms with Crippen LogP contribution in [0.2, 0.25) is 0 Å². The molecule has 5 aliphatic carbocycles. The maximum atomic E-state index is 11.0. The van der Waals surface area contributed by atoms with Gasteiger partial charge in [0, 0.05) is 6.42 Å². The van der Waals surface area contributed by atoms with E-state index in [1.807, 2.05) is 0 Å². The second kappa shape index (κ2) is 6.13. The van der Waals surface area contributed by atoms with Crippen molar-refractivity contribution in [3.05, 3.63) is 0 Å². The van der Waals surface area contributed by atoms with Gasteiger partial charge in [-0.25, -0.2) is 0 Å². The fraction of sp³-hybridized carbons (Fsp3) is 0.964. The van der Waals surface area contributed by atoms with Crippen LogP contribution in [0.15, 0.2) is 0 Å². The summed E-state index contributed by atoms with van der Waals surface area (Å²) in [6.45, 7) is 15.6. The number of carbonyl (C=O) groups is 1. The zero-order valence-electron chi connectivity index (χ0n) is 20.2. The lowest BCUT2D eigenvalue weighted by Gasteiger charge is -2.63. The summed E-state index contributed by atoms with van der Waals surface area (Å²) in [6.07, 6.45) is 16.4. The SMILES string of the molecule is C[C@H](CCC=O)[C@H]1CC[C@@]2(C)C3CCC4C(C)(C)[C@@H](C)CC[C@@]45C[C@@]35CC[C@]12C. The summed E-state index contributed by atoms with van der Waals surface area (Å²) in [5.41, 5.74) is 2.97. The standard InChI is InChI=1S/C28H46O/c1-19(8-7-17-29)21-12-13-26(6)23-10-9-22-24(3,4)20(2)11-14-27(22)18-28(23,27)16-15-25(21,26)5/h17,19-23H,7-16,18H2,1-6H3/t19-,20+,21-,22?,23?,25-,26+,27-,28+/m1/s1. The van der Waals surface area contributed by atoms with Gasteiger partial charge in [0.2, 0.25) is 0 Å². The van der Waals surface area contributed by atoms with Crippen LogP contribution >= 0.6 is 0 Å². The van der Waals surface area contributed by atoms with Crippen molar-refractivity contribution in [3.63, 3.8) is 0 Å². The molecule has 9 atom stereocenters. The topological polar surface area (TPSA) is 17.1 Å². The summed E-state index contributed by atoms with van der Waals surface area (Å²) in [6, 6.07) is 0. The van der Waals surface area contributed by atoms with Gasteiger partial charge in [-0.3, -0.25) is 0 Å². The van der Waals surface area contributed by atoms with Gasteiger partial charge in [0.1, 0.15) is 6.29 Å². The minimum absolute atomic E-state index is 0.499. The fourth-order valence-corrected chi connectivity index (χ4v) is 11.0. The lowest BCUT2D eigenvalue weighted by Crippen LogP contribution is -2.56. The van der Waals surface area contributed by atoms with Gasteiger partial charge in [-0.1, -0.05) is 41.5 Å². The summed E-state index contributed by atoms with van der Waals surface area (Å²) in [5, 5.41) is 0. The van der Waals surface area contributed by atoms with E-state index in [2.05, 4.69) is 41.5 Å². The molecule has 164 valence electrons. The molecule has 0 aliphatic heterocycles. The second-order valence-electron chi connectivity index (χ2n) is 13.6. The Morgan fingerprint density at radius 3 is 2.28 bits per heavy atom. The molecule has 2 unspecified atom stereocenters. The van der Waals surface area contributed by atoms with Crippen LogP contribution in [0.1, 0.15) is 112 Å². The third-order valence-corrected chi connectivity index (χ3v) is 13.2. The van der Waals surface area contributed by atoms with E-state index in [0.717, 1.165) is 42.8 Å². The minimum atomic E-state index is 0.499. The number of rotatable bonds is 4. The van der Waals surface area contributed by atoms with E-state index < -0.39 is 0 Å². The van der Waals surface area contributed by atoms with Gasteiger partial charge in [0.15, 0.2) is 0 Å². The molecule has 5 rings (SSSR count). The maximum absolute atomic E-state index is 11.0. The van der Waals surface area contributed by atoms with E-state index in [1.54, 1.807) is 6.42 Å². The summed E-state index contributed by atoms with van der Waals surface area (Å²) in [5.74, 6) is 4.38. The monoisotopic (exact) mass is 398 g/mol. The van der Waals surface area contributed by atoms with Crippen LogP contribution in [0.4, 0.5) is 0 Å². The Balaban J connectivity index is 1.46. The summed E-state index contributed by atoms with van der Waals surface area (Å²) < 4.78 is 0. The average Bonchev–Trinajstić information content (AvgIpc) is 3.26. The van der Waals surface area contributed by atoms with Crippen molar-refractivity contribution in [2.75, 3.05) is 0 Å². The zero-order chi connectivity index (χ0) is 20.9. The van der Waals surface area contributed by atoms with E-state index in [9.17, 15) is 4.79 Å². The van der Waals surface area contributed by atoms with Crippen LogP contribution in [0.25, 0.3) is 0 Å². The highest BCUT2D eigenvalue weighted by molar-refractivity contribution is 5.49. The molecule has 1 heteroatoms. The van der Waals surface area contributed by atoms with Gasteiger partial charge in [0.05, 0.1) is 0 Å². The number of aldehydes is 1. The van der Waals surface area contributed by atoms with Crippen molar-refractivity contribution in [2.24, 2.45) is 56.7 Å². The smallest absolute Gasteiger partial charge is 0.120 e. The van der Waals surface area contributed by atoms with Crippen molar-refractivity contribution in [1.82, 2.24) is 0 Å². The van der Waals surface area contributed by atoms with Crippen LogP contribution in [0.5, 0.6) is 0 Å². The highest BCUT2D eigenvalue weighted by Crippen LogP contribution is 2.89. The Bertz CT molecular complexity index is 694. The molecule has 1 nitrogen and oxygen atoms in total. The predicted octanol–water partition coefficient (Wildman–Crippen LogP) is 7.68. The molecule has 29 heavy (non-hydrogen) atoms. The van der Waals surface area contributed by atoms with Crippen LogP contribution in [-0.2, 0) is 4.79 Å². The number of hydrogen-bond acceptors (Lipinski definition) is 1. The van der Waals surface area contributed by atoms with E-state index in [0.29, 0.717) is 33.0 Å². The Kier molecular flexibility index (Phi) is 4.35. The maximum Gasteiger partial charge on any atom is 0.120 e. The predicted molar refractivity (Wildman–Crippen MR) is 121 cm³/mol. The second-order valence-corrected chi connectivity index (χ2v) is 13.6. The quantitative estimate of drug-likeness (QED) is 0.444. The first-order valence-electron chi connectivity index (χ1n) is 13.0. The summed E-state index contributed by atoms with van der Waals surface area (Å²) in [7, 11) is 0. The first-order chi connectivity index (χ1) is 13.6. The van der Waals surface area contributed by atoms with Gasteiger partial charge < -0.3 is 4.79 Å². The third-order valence-electron chi connectivity index (χ3n) is 13.2. The van der Waals surface area contributed by atoms with E-state index in [-0.39, 0.29) is 0 Å². The zero-order valence-corrected chi connectivity index (χ0v) is 20.2. The Labute approximate surface area is 180 Å². The fourth-order valence-electron chi connectivity index (χ4n) is 11.0. The molecule has 2 spiro atoms. The van der Waals surface area contributed by atoms with Crippen LogP contribution in [-0.4, -0.2) is 6.29 Å². The highest BCUT2D eigenvalue weighted by atomic mass is 16.1. The minimum Gasteiger partial charge on any atom is -0.303 e. The van der Waals surface area contributed by atoms with Crippen molar-refractivity contribution >= 4 is 6.29 Å². The molecule has 0 aromatic rings. The van der Waals surface area contributed by atoms with Crippen molar-refractivity contribution in [1.29, 1.82) is 0 Å². The van der Waals surface area contributed by atoms with Crippen molar-refractivity contribution in [2.45, 2.75) is 112 Å². The van der Waals surface area contributed by atoms with Crippen LogP contribution in [0, 0.1) is 56.7 Å². The Morgan fingerprint density at radius 1 is 0.862 bits per heavy atom. The van der Waals surface area contributed by atoms with Gasteiger partial charge in [-0.05, 0) is 121 Å². The molecule has 5 saturated carbocycles. The van der Waals surface area contributed by atoms with E-state index in [1.165, 1.54) is 51.4 Å². The Morgan fingerprint density at radius 2 is 1.55 bits per heavy atom. The molecule has 5 aliphatic rings. The molecule has 0 bridgehead atoms. The average molecular weight is 399 g/mol. The first kappa shape index (κ1) is 20.6. The summed E-state index contributed by atoms with van der Waals surface area (Å²) >= 11 is 0. The molecule has 0 radical (unpaired) electrons. The van der Waals surface area contributed by atoms with Gasteiger partial charge in [-0.15, -0.1) is 0 Å². The van der Waals surface area contributed by atoms with Gasteiger partial charge in [-0.2, -0.15) is 0 Å². The van der Waals surface area contributed by atoms with E-state index in [4.69, 9.17) is 0 Å². The summed E-state index contributed by atoms with van der Waals surface area (Å²) in [4.78, 5) is 11.0. The normalized spacial score (nSPS) is 55.8. The van der Waals surface area contributed by atoms with Crippen LogP contribution < -0.4 is 0 Å². The van der Waals surface area contributed by atoms with Crippen LogP contribution in [0.3, 0.4) is 0 Å². The van der Waals surface area contributed by atoms with Crippen molar-refractivity contribution < 1.29 is 4.79 Å². The molecule has 0 saturated heterocycles. The molecule has 0 N–H and O–H groups in total. The number of fused-ring (bicyclic) bond motifs is 2. The number of carbonyl (C=O) groups excluding carboxylic acids is 1. The highest BCUT2D eigenvalue weighted by Gasteiger charge is 2.81. The van der Waals surface area contributed by atoms with Crippen molar-refractivity contribution in [3.8, 4) is 0 Å². The lowest BCUT2D eigenvalue weighted by molar-refractivity contribution is -0.149. The van der Waals surface area contributed by atoms with E-state index >= 15 is 0 Å². The largest absolute Gasteiger partial charge is 0.303 e. The molecular weight excluding hydrogens is 352 g/mol. The number of hydrogen-bond donors (Lipinski definition) is 0. The molecule has 0 heterocycles.